The summed E-state index contributed by atoms with van der Waals surface area (Å²) in [6.07, 6.45) is -0.337. The van der Waals surface area contributed by atoms with Gasteiger partial charge in [0.15, 0.2) is 0 Å². The lowest BCUT2D eigenvalue weighted by Crippen LogP contribution is -2.37. The highest BCUT2D eigenvalue weighted by molar-refractivity contribution is 5.68. The molecule has 1 aliphatic rings. The summed E-state index contributed by atoms with van der Waals surface area (Å²) < 4.78 is 4.95. The molecule has 0 saturated carbocycles. The summed E-state index contributed by atoms with van der Waals surface area (Å²) in [6.45, 7) is 1.57. The van der Waals surface area contributed by atoms with E-state index >= 15 is 0 Å². The van der Waals surface area contributed by atoms with Crippen LogP contribution in [0.5, 0.6) is 0 Å². The molecule has 4 heteroatoms. The van der Waals surface area contributed by atoms with Crippen molar-refractivity contribution in [3.8, 4) is 0 Å². The third-order valence-electron chi connectivity index (χ3n) is 2.62. The van der Waals surface area contributed by atoms with E-state index in [1.807, 2.05) is 24.3 Å². The second kappa shape index (κ2) is 4.31. The zero-order chi connectivity index (χ0) is 10.7. The summed E-state index contributed by atoms with van der Waals surface area (Å²) in [5, 5.41) is 2.68. The van der Waals surface area contributed by atoms with Gasteiger partial charge in [-0.15, -0.1) is 0 Å². The van der Waals surface area contributed by atoms with Crippen LogP contribution in [-0.4, -0.2) is 19.2 Å². The normalized spacial score (nSPS) is 20.6. The Kier molecular flexibility index (Phi) is 2.87. The van der Waals surface area contributed by atoms with E-state index in [2.05, 4.69) is 5.32 Å². The molecule has 0 bridgehead atoms. The van der Waals surface area contributed by atoms with E-state index in [-0.39, 0.29) is 12.0 Å². The molecular weight excluding hydrogens is 192 g/mol. The third kappa shape index (κ3) is 2.10. The van der Waals surface area contributed by atoms with Crippen LogP contribution in [0.15, 0.2) is 24.3 Å². The smallest absolute Gasteiger partial charge is 0.407 e. The van der Waals surface area contributed by atoms with Crippen LogP contribution in [0.1, 0.15) is 17.0 Å². The molecule has 1 saturated heterocycles. The van der Waals surface area contributed by atoms with Crippen molar-refractivity contribution in [1.82, 2.24) is 5.32 Å². The van der Waals surface area contributed by atoms with Gasteiger partial charge >= 0.3 is 6.09 Å². The average molecular weight is 206 g/mol. The molecule has 1 heterocycles. The molecule has 15 heavy (non-hydrogen) atoms. The summed E-state index contributed by atoms with van der Waals surface area (Å²) in [5.41, 5.74) is 7.94. The molecule has 4 nitrogen and oxygen atoms in total. The van der Waals surface area contributed by atoms with Crippen LogP contribution in [-0.2, 0) is 11.3 Å². The third-order valence-corrected chi connectivity index (χ3v) is 2.62. The predicted molar refractivity (Wildman–Crippen MR) is 56.4 cm³/mol. The van der Waals surface area contributed by atoms with Crippen LogP contribution in [0, 0.1) is 0 Å². The Balaban J connectivity index is 2.18. The van der Waals surface area contributed by atoms with Gasteiger partial charge in [-0.2, -0.15) is 0 Å². The van der Waals surface area contributed by atoms with Crippen LogP contribution in [0.4, 0.5) is 4.79 Å². The number of alkyl carbamates (subject to hydrolysis) is 1. The highest BCUT2D eigenvalue weighted by Gasteiger charge is 2.21. The van der Waals surface area contributed by atoms with Crippen molar-refractivity contribution >= 4 is 6.09 Å². The van der Waals surface area contributed by atoms with Gasteiger partial charge in [0.2, 0.25) is 0 Å². The molecule has 1 atom stereocenters. The average Bonchev–Trinajstić information content (AvgIpc) is 2.30. The van der Waals surface area contributed by atoms with Crippen LogP contribution in [0.2, 0.25) is 0 Å². The fourth-order valence-electron chi connectivity index (χ4n) is 1.81. The van der Waals surface area contributed by atoms with E-state index < -0.39 is 0 Å². The maximum absolute atomic E-state index is 10.8. The number of nitrogens with two attached hydrogens (primary N) is 1. The maximum atomic E-state index is 10.8. The summed E-state index contributed by atoms with van der Waals surface area (Å²) in [7, 11) is 0. The first-order valence-corrected chi connectivity index (χ1v) is 4.99. The van der Waals surface area contributed by atoms with E-state index in [1.54, 1.807) is 0 Å². The number of hydrogen-bond acceptors (Lipinski definition) is 3. The quantitative estimate of drug-likeness (QED) is 0.757. The van der Waals surface area contributed by atoms with Crippen molar-refractivity contribution in [3.63, 3.8) is 0 Å². The van der Waals surface area contributed by atoms with Crippen LogP contribution in [0.3, 0.4) is 0 Å². The van der Waals surface area contributed by atoms with E-state index in [9.17, 15) is 4.79 Å². The fraction of sp³-hybridized carbons (Fsp3) is 0.364. The van der Waals surface area contributed by atoms with Crippen molar-refractivity contribution < 1.29 is 9.53 Å². The van der Waals surface area contributed by atoms with Crippen LogP contribution < -0.4 is 11.1 Å². The van der Waals surface area contributed by atoms with Gasteiger partial charge in [0.05, 0.1) is 0 Å². The van der Waals surface area contributed by atoms with Gasteiger partial charge in [0, 0.05) is 19.0 Å². The number of carbonyl (C=O) groups excluding carboxylic acids is 1. The first-order valence-electron chi connectivity index (χ1n) is 4.99. The molecule has 1 aromatic rings. The van der Waals surface area contributed by atoms with Gasteiger partial charge in [0.25, 0.3) is 0 Å². The molecule has 0 spiro atoms. The number of nitrogens with one attached hydrogen (secondary N) is 1. The zero-order valence-corrected chi connectivity index (χ0v) is 8.40. The lowest BCUT2D eigenvalue weighted by Gasteiger charge is -2.24. The Morgan fingerprint density at radius 3 is 2.93 bits per heavy atom. The molecule has 1 aliphatic heterocycles. The first kappa shape index (κ1) is 9.98. The largest absolute Gasteiger partial charge is 0.449 e. The van der Waals surface area contributed by atoms with Crippen molar-refractivity contribution in [2.45, 2.75) is 12.5 Å². The van der Waals surface area contributed by atoms with Gasteiger partial charge < -0.3 is 15.8 Å². The number of ether oxygens (including phenoxy) is 1. The molecule has 3 N–H and O–H groups in total. The standard InChI is InChI=1S/C11H14N2O2/c12-5-8-3-1-2-4-10(8)9-6-13-11(14)15-7-9/h1-4,9H,5-7,12H2,(H,13,14). The van der Waals surface area contributed by atoms with Crippen LogP contribution >= 0.6 is 0 Å². The SMILES string of the molecule is NCc1ccccc1C1CNC(=O)OC1. The van der Waals surface area contributed by atoms with Crippen molar-refractivity contribution in [2.24, 2.45) is 5.73 Å². The molecule has 0 aliphatic carbocycles. The number of cyclic esters (lactones) is 1. The van der Waals surface area contributed by atoms with E-state index in [1.165, 1.54) is 5.56 Å². The summed E-state index contributed by atoms with van der Waals surface area (Å²) in [6, 6.07) is 7.98. The Hall–Kier alpha value is -1.55. The highest BCUT2D eigenvalue weighted by Crippen LogP contribution is 2.21. The molecule has 1 fully saturated rings. The molecule has 2 rings (SSSR count). The van der Waals surface area contributed by atoms with Crippen molar-refractivity contribution in [2.75, 3.05) is 13.2 Å². The molecule has 1 amide bonds. The topological polar surface area (TPSA) is 64.3 Å². The van der Waals surface area contributed by atoms with Gasteiger partial charge in [-0.05, 0) is 11.1 Å². The van der Waals surface area contributed by atoms with Gasteiger partial charge in [0.1, 0.15) is 6.61 Å². The maximum Gasteiger partial charge on any atom is 0.407 e. The molecule has 1 aromatic carbocycles. The van der Waals surface area contributed by atoms with E-state index in [4.69, 9.17) is 10.5 Å². The summed E-state index contributed by atoms with van der Waals surface area (Å²) >= 11 is 0. The first-order chi connectivity index (χ1) is 7.31. The number of hydrogen-bond donors (Lipinski definition) is 2. The Bertz CT molecular complexity index is 355. The Morgan fingerprint density at radius 1 is 1.47 bits per heavy atom. The molecule has 0 aromatic heterocycles. The second-order valence-corrected chi connectivity index (χ2v) is 3.58. The monoisotopic (exact) mass is 206 g/mol. The minimum Gasteiger partial charge on any atom is -0.449 e. The van der Waals surface area contributed by atoms with Gasteiger partial charge in [-0.25, -0.2) is 4.79 Å². The van der Waals surface area contributed by atoms with Crippen LogP contribution in [0.25, 0.3) is 0 Å². The number of rotatable bonds is 2. The predicted octanol–water partition coefficient (Wildman–Crippen LogP) is 0.969. The minimum atomic E-state index is -0.337. The minimum absolute atomic E-state index is 0.211. The molecular formula is C11H14N2O2. The van der Waals surface area contributed by atoms with Crippen molar-refractivity contribution in [3.05, 3.63) is 35.4 Å². The Labute approximate surface area is 88.4 Å². The molecule has 80 valence electrons. The van der Waals surface area contributed by atoms with E-state index in [0.29, 0.717) is 19.7 Å². The highest BCUT2D eigenvalue weighted by atomic mass is 16.6. The van der Waals surface area contributed by atoms with Crippen molar-refractivity contribution in [1.29, 1.82) is 0 Å². The number of carbonyl (C=O) groups is 1. The summed E-state index contributed by atoms with van der Waals surface area (Å²) in [4.78, 5) is 10.8. The number of amides is 1. The second-order valence-electron chi connectivity index (χ2n) is 3.58. The van der Waals surface area contributed by atoms with E-state index in [0.717, 1.165) is 5.56 Å². The molecule has 0 radical (unpaired) electrons. The van der Waals surface area contributed by atoms with Gasteiger partial charge in [-0.3, -0.25) is 0 Å². The van der Waals surface area contributed by atoms with Gasteiger partial charge in [-0.1, -0.05) is 24.3 Å². The lowest BCUT2D eigenvalue weighted by molar-refractivity contribution is 0.119. The fourth-order valence-corrected chi connectivity index (χ4v) is 1.81. The lowest BCUT2D eigenvalue weighted by atomic mass is 9.94. The molecule has 1 unspecified atom stereocenters. The number of benzene rings is 1. The Morgan fingerprint density at radius 2 is 2.27 bits per heavy atom. The zero-order valence-electron chi connectivity index (χ0n) is 8.40. The summed E-state index contributed by atoms with van der Waals surface area (Å²) in [5.74, 6) is 0.211.